The van der Waals surface area contributed by atoms with Gasteiger partial charge in [0.25, 0.3) is 5.91 Å². The fourth-order valence-electron chi connectivity index (χ4n) is 3.61. The van der Waals surface area contributed by atoms with Crippen molar-refractivity contribution >= 4 is 28.3 Å². The molecule has 7 nitrogen and oxygen atoms in total. The fourth-order valence-corrected chi connectivity index (χ4v) is 4.35. The molecule has 3 heterocycles. The Balaban J connectivity index is 1.55. The van der Waals surface area contributed by atoms with Crippen molar-refractivity contribution in [1.82, 2.24) is 10.3 Å². The van der Waals surface area contributed by atoms with Crippen LogP contribution in [-0.4, -0.2) is 35.6 Å². The summed E-state index contributed by atoms with van der Waals surface area (Å²) in [4.78, 5) is 28.1. The van der Waals surface area contributed by atoms with Gasteiger partial charge in [0, 0.05) is 37.1 Å². The van der Waals surface area contributed by atoms with E-state index in [0.29, 0.717) is 30.5 Å². The third-order valence-corrected chi connectivity index (χ3v) is 5.68. The van der Waals surface area contributed by atoms with Crippen molar-refractivity contribution in [2.75, 3.05) is 18.5 Å². The summed E-state index contributed by atoms with van der Waals surface area (Å²) in [5.41, 5.74) is 0.961. The highest BCUT2D eigenvalue weighted by Crippen LogP contribution is 2.43. The molecule has 1 aromatic carbocycles. The van der Waals surface area contributed by atoms with E-state index in [1.807, 2.05) is 24.3 Å². The zero-order valence-electron chi connectivity index (χ0n) is 15.0. The number of anilines is 1. The molecule has 0 radical (unpaired) electrons. The van der Waals surface area contributed by atoms with Crippen molar-refractivity contribution < 1.29 is 19.1 Å². The predicted octanol–water partition coefficient (Wildman–Crippen LogP) is 2.90. The Morgan fingerprint density at radius 1 is 1.26 bits per heavy atom. The molecule has 142 valence electrons. The van der Waals surface area contributed by atoms with Gasteiger partial charge in [0.15, 0.2) is 5.13 Å². The highest BCUT2D eigenvalue weighted by atomic mass is 32.1. The highest BCUT2D eigenvalue weighted by Gasteiger charge is 2.42. The van der Waals surface area contributed by atoms with Crippen LogP contribution in [0.2, 0.25) is 0 Å². The van der Waals surface area contributed by atoms with Gasteiger partial charge in [-0.05, 0) is 6.07 Å². The van der Waals surface area contributed by atoms with E-state index in [2.05, 4.69) is 15.6 Å². The number of nitrogens with one attached hydrogen (secondary N) is 2. The number of carbonyl (C=O) groups is 2. The Bertz CT molecular complexity index is 860. The number of ether oxygens (including phenoxy) is 2. The Hall–Kier alpha value is -2.45. The van der Waals surface area contributed by atoms with E-state index in [0.717, 1.165) is 24.2 Å². The first-order valence-electron chi connectivity index (χ1n) is 8.94. The average molecular weight is 387 g/mol. The Kier molecular flexibility index (Phi) is 4.84. The standard InChI is InChI=1S/C19H21N3O4S/c1-12(23)20-18-22-15(11-27-18)17(24)21-14-10-19(6-8-25-9-7-19)26-16-5-3-2-4-13(14)16/h2-5,11,14H,6-10H2,1H3,(H,21,24)(H,20,22,23). The lowest BCUT2D eigenvalue weighted by Gasteiger charge is -2.44. The number of carbonyl (C=O) groups excluding carboxylic acids is 2. The summed E-state index contributed by atoms with van der Waals surface area (Å²) < 4.78 is 11.8. The normalized spacial score (nSPS) is 20.4. The molecule has 2 N–H and O–H groups in total. The van der Waals surface area contributed by atoms with E-state index >= 15 is 0 Å². The van der Waals surface area contributed by atoms with Crippen LogP contribution in [0, 0.1) is 0 Å². The molecule has 1 fully saturated rings. The topological polar surface area (TPSA) is 89.6 Å². The number of thiazole rings is 1. The molecule has 1 atom stereocenters. The molecule has 2 aliphatic heterocycles. The van der Waals surface area contributed by atoms with E-state index in [1.165, 1.54) is 18.3 Å². The lowest BCUT2D eigenvalue weighted by atomic mass is 9.82. The summed E-state index contributed by atoms with van der Waals surface area (Å²) in [5.74, 6) is 0.344. The molecule has 2 aliphatic rings. The zero-order chi connectivity index (χ0) is 18.9. The number of nitrogens with zero attached hydrogens (tertiary/aromatic N) is 1. The number of amides is 2. The monoisotopic (exact) mass is 387 g/mol. The van der Waals surface area contributed by atoms with Crippen LogP contribution in [0.5, 0.6) is 5.75 Å². The fraction of sp³-hybridized carbons (Fsp3) is 0.421. The van der Waals surface area contributed by atoms with Crippen LogP contribution in [0.1, 0.15) is 48.3 Å². The lowest BCUT2D eigenvalue weighted by molar-refractivity contribution is -0.114. The molecule has 2 aromatic rings. The Morgan fingerprint density at radius 3 is 2.81 bits per heavy atom. The molecule has 27 heavy (non-hydrogen) atoms. The predicted molar refractivity (Wildman–Crippen MR) is 101 cm³/mol. The minimum absolute atomic E-state index is 0.161. The molecule has 1 unspecified atom stereocenters. The summed E-state index contributed by atoms with van der Waals surface area (Å²) in [7, 11) is 0. The van der Waals surface area contributed by atoms with E-state index in [-0.39, 0.29) is 23.5 Å². The van der Waals surface area contributed by atoms with Crippen molar-refractivity contribution in [3.63, 3.8) is 0 Å². The van der Waals surface area contributed by atoms with Crippen molar-refractivity contribution in [3.05, 3.63) is 40.9 Å². The van der Waals surface area contributed by atoms with E-state index < -0.39 is 0 Å². The molecular formula is C19H21N3O4S. The van der Waals surface area contributed by atoms with Gasteiger partial charge in [-0.3, -0.25) is 9.59 Å². The van der Waals surface area contributed by atoms with Crippen LogP contribution >= 0.6 is 11.3 Å². The first-order chi connectivity index (χ1) is 13.0. The van der Waals surface area contributed by atoms with Crippen LogP contribution in [0.25, 0.3) is 0 Å². The number of hydrogen-bond donors (Lipinski definition) is 2. The Morgan fingerprint density at radius 2 is 2.04 bits per heavy atom. The van der Waals surface area contributed by atoms with Crippen LogP contribution in [0.3, 0.4) is 0 Å². The number of fused-ring (bicyclic) bond motifs is 1. The maximum atomic E-state index is 12.7. The zero-order valence-corrected chi connectivity index (χ0v) is 15.8. The largest absolute Gasteiger partial charge is 0.487 e. The molecule has 0 aliphatic carbocycles. The van der Waals surface area contributed by atoms with Gasteiger partial charge >= 0.3 is 0 Å². The number of hydrogen-bond acceptors (Lipinski definition) is 6. The minimum Gasteiger partial charge on any atom is -0.487 e. The molecule has 0 bridgehead atoms. The highest BCUT2D eigenvalue weighted by molar-refractivity contribution is 7.14. The van der Waals surface area contributed by atoms with Crippen LogP contribution in [0.4, 0.5) is 5.13 Å². The number of aromatic nitrogens is 1. The molecule has 1 spiro atoms. The number of para-hydroxylation sites is 1. The van der Waals surface area contributed by atoms with Crippen molar-refractivity contribution in [1.29, 1.82) is 0 Å². The van der Waals surface area contributed by atoms with Crippen LogP contribution < -0.4 is 15.4 Å². The summed E-state index contributed by atoms with van der Waals surface area (Å²) in [6.45, 7) is 2.73. The average Bonchev–Trinajstić information content (AvgIpc) is 3.10. The van der Waals surface area contributed by atoms with Gasteiger partial charge in [0.1, 0.15) is 17.0 Å². The lowest BCUT2D eigenvalue weighted by Crippen LogP contribution is -2.48. The van der Waals surface area contributed by atoms with Gasteiger partial charge < -0.3 is 20.1 Å². The second-order valence-electron chi connectivity index (χ2n) is 6.88. The van der Waals surface area contributed by atoms with Gasteiger partial charge in [-0.15, -0.1) is 11.3 Å². The molecule has 0 saturated carbocycles. The maximum Gasteiger partial charge on any atom is 0.271 e. The molecular weight excluding hydrogens is 366 g/mol. The molecule has 4 rings (SSSR count). The van der Waals surface area contributed by atoms with Crippen LogP contribution in [0.15, 0.2) is 29.6 Å². The molecule has 1 saturated heterocycles. The van der Waals surface area contributed by atoms with Crippen LogP contribution in [-0.2, 0) is 9.53 Å². The van der Waals surface area contributed by atoms with E-state index in [9.17, 15) is 9.59 Å². The van der Waals surface area contributed by atoms with Gasteiger partial charge in [-0.1, -0.05) is 18.2 Å². The summed E-state index contributed by atoms with van der Waals surface area (Å²) >= 11 is 1.23. The quantitative estimate of drug-likeness (QED) is 0.845. The second-order valence-corrected chi connectivity index (χ2v) is 7.74. The molecule has 1 aromatic heterocycles. The Labute approximate surface area is 161 Å². The van der Waals surface area contributed by atoms with Gasteiger partial charge in [0.05, 0.1) is 19.3 Å². The summed E-state index contributed by atoms with van der Waals surface area (Å²) in [6.07, 6.45) is 2.30. The third-order valence-electron chi connectivity index (χ3n) is 4.93. The molecule has 2 amide bonds. The molecule has 8 heteroatoms. The smallest absolute Gasteiger partial charge is 0.271 e. The maximum absolute atomic E-state index is 12.7. The van der Waals surface area contributed by atoms with Crippen molar-refractivity contribution in [3.8, 4) is 5.75 Å². The van der Waals surface area contributed by atoms with Gasteiger partial charge in [-0.25, -0.2) is 4.98 Å². The number of benzene rings is 1. The van der Waals surface area contributed by atoms with E-state index in [4.69, 9.17) is 9.47 Å². The SMILES string of the molecule is CC(=O)Nc1nc(C(=O)NC2CC3(CCOCC3)Oc3ccccc32)cs1. The third kappa shape index (κ3) is 3.81. The first-order valence-corrected chi connectivity index (χ1v) is 9.82. The minimum atomic E-state index is -0.312. The second kappa shape index (κ2) is 7.28. The number of rotatable bonds is 3. The van der Waals surface area contributed by atoms with E-state index in [1.54, 1.807) is 5.38 Å². The van der Waals surface area contributed by atoms with Crippen molar-refractivity contribution in [2.45, 2.75) is 37.8 Å². The van der Waals surface area contributed by atoms with Crippen molar-refractivity contribution in [2.24, 2.45) is 0 Å². The van der Waals surface area contributed by atoms with Gasteiger partial charge in [-0.2, -0.15) is 0 Å². The first kappa shape index (κ1) is 17.9. The van der Waals surface area contributed by atoms with Gasteiger partial charge in [0.2, 0.25) is 5.91 Å². The summed E-state index contributed by atoms with van der Waals surface area (Å²) in [6, 6.07) is 7.65. The summed E-state index contributed by atoms with van der Waals surface area (Å²) in [5, 5.41) is 7.77.